The lowest BCUT2D eigenvalue weighted by atomic mass is 10.2. The average molecular weight is 363 g/mol. The molecule has 1 aromatic rings. The van der Waals surface area contributed by atoms with Crippen LogP contribution in [0.5, 0.6) is 0 Å². The summed E-state index contributed by atoms with van der Waals surface area (Å²) < 4.78 is 25.1. The molecular formula is C18H22FN3O4. The van der Waals surface area contributed by atoms with Crippen LogP contribution in [0.1, 0.15) is 12.8 Å². The van der Waals surface area contributed by atoms with Crippen LogP contribution >= 0.6 is 0 Å². The van der Waals surface area contributed by atoms with Crippen LogP contribution in [0, 0.1) is 11.7 Å². The first-order chi connectivity index (χ1) is 12.6. The van der Waals surface area contributed by atoms with E-state index in [0.29, 0.717) is 44.2 Å². The highest BCUT2D eigenvalue weighted by Gasteiger charge is 2.35. The second-order valence-corrected chi connectivity index (χ2v) is 6.87. The van der Waals surface area contributed by atoms with Gasteiger partial charge in [0.25, 0.3) is 0 Å². The van der Waals surface area contributed by atoms with E-state index < -0.39 is 12.2 Å². The molecule has 8 heteroatoms. The van der Waals surface area contributed by atoms with Crippen molar-refractivity contribution in [2.45, 2.75) is 18.9 Å². The number of rotatable bonds is 5. The summed E-state index contributed by atoms with van der Waals surface area (Å²) >= 11 is 0. The van der Waals surface area contributed by atoms with Gasteiger partial charge in [-0.15, -0.1) is 0 Å². The molecular weight excluding hydrogens is 341 g/mol. The van der Waals surface area contributed by atoms with Gasteiger partial charge in [-0.3, -0.25) is 9.69 Å². The SMILES string of the molecule is O=C(NC[C@H]1CN(c2ccc(N3CCOCC3)c(F)c2)C(=O)O1)C1CC1. The third kappa shape index (κ3) is 3.60. The zero-order valence-electron chi connectivity index (χ0n) is 14.4. The first-order valence-corrected chi connectivity index (χ1v) is 9.00. The van der Waals surface area contributed by atoms with Crippen molar-refractivity contribution < 1.29 is 23.5 Å². The van der Waals surface area contributed by atoms with Crippen molar-refractivity contribution in [3.63, 3.8) is 0 Å². The Balaban J connectivity index is 1.39. The van der Waals surface area contributed by atoms with Gasteiger partial charge in [0, 0.05) is 19.0 Å². The van der Waals surface area contributed by atoms with Crippen molar-refractivity contribution in [3.05, 3.63) is 24.0 Å². The maximum absolute atomic E-state index is 14.5. The molecule has 4 rings (SSSR count). The molecule has 3 aliphatic rings. The molecule has 2 aliphatic heterocycles. The summed E-state index contributed by atoms with van der Waals surface area (Å²) in [6.07, 6.45) is 0.912. The summed E-state index contributed by atoms with van der Waals surface area (Å²) in [6.45, 7) is 3.02. The first-order valence-electron chi connectivity index (χ1n) is 9.00. The number of hydrogen-bond acceptors (Lipinski definition) is 5. The van der Waals surface area contributed by atoms with Crippen LogP contribution in [-0.4, -0.2) is 57.5 Å². The van der Waals surface area contributed by atoms with Gasteiger partial charge in [0.1, 0.15) is 11.9 Å². The first kappa shape index (κ1) is 17.1. The molecule has 1 atom stereocenters. The Morgan fingerprint density at radius 2 is 2.04 bits per heavy atom. The van der Waals surface area contributed by atoms with Crippen molar-refractivity contribution >= 4 is 23.4 Å². The number of ether oxygens (including phenoxy) is 2. The lowest BCUT2D eigenvalue weighted by Crippen LogP contribution is -2.37. The monoisotopic (exact) mass is 363 g/mol. The molecule has 1 aromatic carbocycles. The van der Waals surface area contributed by atoms with E-state index in [4.69, 9.17) is 9.47 Å². The van der Waals surface area contributed by atoms with Crippen molar-refractivity contribution in [1.29, 1.82) is 0 Å². The molecule has 2 heterocycles. The van der Waals surface area contributed by atoms with E-state index in [-0.39, 0.29) is 24.2 Å². The predicted octanol–water partition coefficient (Wildman–Crippen LogP) is 1.51. The minimum Gasteiger partial charge on any atom is -0.442 e. The van der Waals surface area contributed by atoms with Crippen LogP contribution in [0.2, 0.25) is 0 Å². The largest absolute Gasteiger partial charge is 0.442 e. The zero-order chi connectivity index (χ0) is 18.1. The van der Waals surface area contributed by atoms with Crippen LogP contribution in [0.25, 0.3) is 0 Å². The fourth-order valence-electron chi connectivity index (χ4n) is 3.27. The highest BCUT2D eigenvalue weighted by atomic mass is 19.1. The van der Waals surface area contributed by atoms with Crippen LogP contribution in [0.3, 0.4) is 0 Å². The predicted molar refractivity (Wildman–Crippen MR) is 92.8 cm³/mol. The van der Waals surface area contributed by atoms with E-state index in [0.717, 1.165) is 12.8 Å². The van der Waals surface area contributed by atoms with E-state index in [2.05, 4.69) is 5.32 Å². The number of morpholine rings is 1. The number of amides is 2. The van der Waals surface area contributed by atoms with Gasteiger partial charge in [0.15, 0.2) is 0 Å². The third-order valence-corrected chi connectivity index (χ3v) is 4.92. The fourth-order valence-corrected chi connectivity index (χ4v) is 3.27. The van der Waals surface area contributed by atoms with Crippen LogP contribution in [0.15, 0.2) is 18.2 Å². The quantitative estimate of drug-likeness (QED) is 0.859. The molecule has 1 aliphatic carbocycles. The normalized spacial score (nSPS) is 23.1. The number of cyclic esters (lactones) is 1. The van der Waals surface area contributed by atoms with Crippen molar-refractivity contribution in [1.82, 2.24) is 5.32 Å². The van der Waals surface area contributed by atoms with E-state index in [1.165, 1.54) is 11.0 Å². The Bertz CT molecular complexity index is 704. The van der Waals surface area contributed by atoms with Gasteiger partial charge < -0.3 is 19.7 Å². The Hall–Kier alpha value is -2.35. The second kappa shape index (κ2) is 7.11. The van der Waals surface area contributed by atoms with Gasteiger partial charge in [0.05, 0.1) is 37.7 Å². The van der Waals surface area contributed by atoms with Crippen molar-refractivity contribution in [2.75, 3.05) is 49.2 Å². The van der Waals surface area contributed by atoms with E-state index in [1.54, 1.807) is 12.1 Å². The number of benzene rings is 1. The third-order valence-electron chi connectivity index (χ3n) is 4.92. The summed E-state index contributed by atoms with van der Waals surface area (Å²) in [4.78, 5) is 27.1. The molecule has 2 amide bonds. The highest BCUT2D eigenvalue weighted by Crippen LogP contribution is 2.30. The van der Waals surface area contributed by atoms with Gasteiger partial charge >= 0.3 is 6.09 Å². The van der Waals surface area contributed by atoms with Gasteiger partial charge in [0.2, 0.25) is 5.91 Å². The summed E-state index contributed by atoms with van der Waals surface area (Å²) in [5.41, 5.74) is 0.971. The summed E-state index contributed by atoms with van der Waals surface area (Å²) in [7, 11) is 0. The molecule has 26 heavy (non-hydrogen) atoms. The molecule has 1 N–H and O–H groups in total. The average Bonchev–Trinajstić information content (AvgIpc) is 3.43. The Kier molecular flexibility index (Phi) is 4.67. The molecule has 0 spiro atoms. The van der Waals surface area contributed by atoms with Gasteiger partial charge in [-0.2, -0.15) is 0 Å². The maximum Gasteiger partial charge on any atom is 0.414 e. The van der Waals surface area contributed by atoms with Gasteiger partial charge in [-0.25, -0.2) is 9.18 Å². The Morgan fingerprint density at radius 3 is 2.73 bits per heavy atom. The number of carbonyl (C=O) groups is 2. The molecule has 0 radical (unpaired) electrons. The number of hydrogen-bond donors (Lipinski definition) is 1. The number of nitrogens with zero attached hydrogens (tertiary/aromatic N) is 2. The molecule has 3 fully saturated rings. The summed E-state index contributed by atoms with van der Waals surface area (Å²) in [6, 6.07) is 4.77. The summed E-state index contributed by atoms with van der Waals surface area (Å²) in [5.74, 6) is -0.242. The number of halogens is 1. The van der Waals surface area contributed by atoms with Crippen LogP contribution in [0.4, 0.5) is 20.6 Å². The smallest absolute Gasteiger partial charge is 0.414 e. The van der Waals surface area contributed by atoms with E-state index in [1.807, 2.05) is 4.90 Å². The Morgan fingerprint density at radius 1 is 1.27 bits per heavy atom. The van der Waals surface area contributed by atoms with Crippen LogP contribution in [-0.2, 0) is 14.3 Å². The maximum atomic E-state index is 14.5. The zero-order valence-corrected chi connectivity index (χ0v) is 14.4. The van der Waals surface area contributed by atoms with Crippen molar-refractivity contribution in [3.8, 4) is 0 Å². The molecule has 0 bridgehead atoms. The molecule has 7 nitrogen and oxygen atoms in total. The minimum absolute atomic E-state index is 0.0143. The van der Waals surface area contributed by atoms with Crippen molar-refractivity contribution in [2.24, 2.45) is 5.92 Å². The second-order valence-electron chi connectivity index (χ2n) is 6.87. The molecule has 1 saturated carbocycles. The molecule has 0 unspecified atom stereocenters. The molecule has 0 aromatic heterocycles. The number of anilines is 2. The van der Waals surface area contributed by atoms with Crippen LogP contribution < -0.4 is 15.1 Å². The van der Waals surface area contributed by atoms with Gasteiger partial charge in [-0.1, -0.05) is 0 Å². The lowest BCUT2D eigenvalue weighted by molar-refractivity contribution is -0.122. The number of nitrogens with one attached hydrogen (secondary N) is 1. The standard InChI is InChI=1S/C18H22FN3O4/c19-15-9-13(3-4-16(15)21-5-7-25-8-6-21)22-11-14(26-18(22)24)10-20-17(23)12-1-2-12/h3-4,9,12,14H,1-2,5-8,10-11H2,(H,20,23)/t14-/m0/s1. The lowest BCUT2D eigenvalue weighted by Gasteiger charge is -2.29. The highest BCUT2D eigenvalue weighted by molar-refractivity contribution is 5.90. The number of carbonyl (C=O) groups excluding carboxylic acids is 2. The van der Waals surface area contributed by atoms with E-state index in [9.17, 15) is 14.0 Å². The molecule has 2 saturated heterocycles. The minimum atomic E-state index is -0.519. The topological polar surface area (TPSA) is 71.1 Å². The Labute approximate surface area is 151 Å². The fraction of sp³-hybridized carbons (Fsp3) is 0.556. The van der Waals surface area contributed by atoms with E-state index >= 15 is 0 Å². The van der Waals surface area contributed by atoms with Gasteiger partial charge in [-0.05, 0) is 31.0 Å². The molecule has 140 valence electrons. The summed E-state index contributed by atoms with van der Waals surface area (Å²) in [5, 5.41) is 2.81.